The third-order valence-corrected chi connectivity index (χ3v) is 3.75. The topological polar surface area (TPSA) is 35.2 Å². The smallest absolute Gasteiger partial charge is 0.123 e. The van der Waals surface area contributed by atoms with E-state index >= 15 is 0 Å². The minimum absolute atomic E-state index is 0.231. The van der Waals surface area contributed by atoms with E-state index in [0.29, 0.717) is 19.3 Å². The Bertz CT molecular complexity index is 394. The highest BCUT2D eigenvalue weighted by Crippen LogP contribution is 2.26. The quantitative estimate of drug-likeness (QED) is 0.890. The first-order chi connectivity index (χ1) is 8.69. The molecule has 100 valence electrons. The molecule has 0 aromatic heterocycles. The van der Waals surface area contributed by atoms with Crippen LogP contribution in [0.2, 0.25) is 0 Å². The van der Waals surface area contributed by atoms with Crippen molar-refractivity contribution < 1.29 is 9.13 Å². The summed E-state index contributed by atoms with van der Waals surface area (Å²) in [6.45, 7) is 3.18. The molecule has 2 atom stereocenters. The maximum absolute atomic E-state index is 13.1. The van der Waals surface area contributed by atoms with E-state index in [0.717, 1.165) is 29.9 Å². The van der Waals surface area contributed by atoms with Gasteiger partial charge in [0.15, 0.2) is 0 Å². The van der Waals surface area contributed by atoms with Crippen molar-refractivity contribution in [2.24, 2.45) is 11.7 Å². The van der Waals surface area contributed by atoms with Crippen LogP contribution >= 0.6 is 0 Å². The average molecular weight is 251 g/mol. The molecular weight excluding hydrogens is 229 g/mol. The minimum Gasteiger partial charge on any atom is -0.374 e. The van der Waals surface area contributed by atoms with Gasteiger partial charge >= 0.3 is 0 Å². The first-order valence-electron chi connectivity index (χ1n) is 6.78. The van der Waals surface area contributed by atoms with Crippen LogP contribution in [0.3, 0.4) is 0 Å². The molecule has 2 N–H and O–H groups in total. The van der Waals surface area contributed by atoms with Gasteiger partial charge in [-0.25, -0.2) is 4.39 Å². The zero-order valence-corrected chi connectivity index (χ0v) is 11.0. The largest absolute Gasteiger partial charge is 0.374 e. The highest BCUT2D eigenvalue weighted by Gasteiger charge is 2.19. The van der Waals surface area contributed by atoms with Gasteiger partial charge in [0, 0.05) is 6.54 Å². The molecule has 0 radical (unpaired) electrons. The molecule has 0 aliphatic heterocycles. The van der Waals surface area contributed by atoms with Crippen molar-refractivity contribution >= 4 is 0 Å². The summed E-state index contributed by atoms with van der Waals surface area (Å²) in [5.41, 5.74) is 7.49. The fourth-order valence-electron chi connectivity index (χ4n) is 2.66. The van der Waals surface area contributed by atoms with Gasteiger partial charge in [0.1, 0.15) is 5.82 Å². The Morgan fingerprint density at radius 2 is 2.17 bits per heavy atom. The average Bonchev–Trinajstić information content (AvgIpc) is 2.37. The lowest BCUT2D eigenvalue weighted by molar-refractivity contribution is 0.00437. The molecule has 0 amide bonds. The van der Waals surface area contributed by atoms with Gasteiger partial charge in [-0.3, -0.25) is 0 Å². The number of rotatable bonds is 4. The number of ether oxygens (including phenoxy) is 1. The van der Waals surface area contributed by atoms with E-state index in [2.05, 4.69) is 6.92 Å². The van der Waals surface area contributed by atoms with Crippen LogP contribution in [-0.2, 0) is 17.9 Å². The van der Waals surface area contributed by atoms with Crippen molar-refractivity contribution in [1.29, 1.82) is 0 Å². The van der Waals surface area contributed by atoms with E-state index in [1.54, 1.807) is 6.07 Å². The summed E-state index contributed by atoms with van der Waals surface area (Å²) < 4.78 is 19.0. The van der Waals surface area contributed by atoms with Crippen LogP contribution in [0.1, 0.15) is 43.7 Å². The summed E-state index contributed by atoms with van der Waals surface area (Å²) in [6.07, 6.45) is 5.19. The molecule has 1 aliphatic carbocycles. The third-order valence-electron chi connectivity index (χ3n) is 3.75. The SMILES string of the molecule is CC1CCCC(OCc2ccc(F)cc2CN)C1. The van der Waals surface area contributed by atoms with Crippen molar-refractivity contribution in [2.45, 2.75) is 51.9 Å². The first-order valence-corrected chi connectivity index (χ1v) is 6.78. The van der Waals surface area contributed by atoms with Gasteiger partial charge < -0.3 is 10.5 Å². The van der Waals surface area contributed by atoms with Crippen LogP contribution in [0.25, 0.3) is 0 Å². The number of benzene rings is 1. The van der Waals surface area contributed by atoms with Crippen molar-refractivity contribution in [3.05, 3.63) is 35.1 Å². The zero-order chi connectivity index (χ0) is 13.0. The second-order valence-electron chi connectivity index (χ2n) is 5.32. The summed E-state index contributed by atoms with van der Waals surface area (Å²) in [4.78, 5) is 0. The molecule has 1 aromatic rings. The van der Waals surface area contributed by atoms with Crippen molar-refractivity contribution in [3.63, 3.8) is 0 Å². The van der Waals surface area contributed by atoms with Gasteiger partial charge in [-0.05, 0) is 42.0 Å². The molecule has 18 heavy (non-hydrogen) atoms. The van der Waals surface area contributed by atoms with Gasteiger partial charge in [-0.1, -0.05) is 25.8 Å². The van der Waals surface area contributed by atoms with Crippen molar-refractivity contribution in [1.82, 2.24) is 0 Å². The first kappa shape index (κ1) is 13.5. The van der Waals surface area contributed by atoms with Crippen molar-refractivity contribution in [2.75, 3.05) is 0 Å². The molecule has 0 heterocycles. The molecule has 2 nitrogen and oxygen atoms in total. The minimum atomic E-state index is -0.231. The summed E-state index contributed by atoms with van der Waals surface area (Å²) in [6, 6.07) is 4.76. The Balaban J connectivity index is 1.93. The summed E-state index contributed by atoms with van der Waals surface area (Å²) in [5.74, 6) is 0.524. The Kier molecular flexibility index (Phi) is 4.72. The van der Waals surface area contributed by atoms with E-state index < -0.39 is 0 Å². The molecule has 3 heteroatoms. The number of hydrogen-bond acceptors (Lipinski definition) is 2. The second kappa shape index (κ2) is 6.30. The van der Waals surface area contributed by atoms with Gasteiger partial charge in [0.25, 0.3) is 0 Å². The standard InChI is InChI=1S/C15H22FNO/c1-11-3-2-4-15(7-11)18-10-12-5-6-14(16)8-13(12)9-17/h5-6,8,11,15H,2-4,7,9-10,17H2,1H3. The summed E-state index contributed by atoms with van der Waals surface area (Å²) in [5, 5.41) is 0. The molecule has 0 spiro atoms. The van der Waals surface area contributed by atoms with Gasteiger partial charge in [0.05, 0.1) is 12.7 Å². The fraction of sp³-hybridized carbons (Fsp3) is 0.600. The predicted molar refractivity (Wildman–Crippen MR) is 70.5 cm³/mol. The molecule has 1 aliphatic rings. The van der Waals surface area contributed by atoms with Crippen LogP contribution < -0.4 is 5.73 Å². The van der Waals surface area contributed by atoms with Crippen LogP contribution in [0.15, 0.2) is 18.2 Å². The number of halogens is 1. The van der Waals surface area contributed by atoms with Crippen LogP contribution in [-0.4, -0.2) is 6.10 Å². The number of hydrogen-bond donors (Lipinski definition) is 1. The van der Waals surface area contributed by atoms with E-state index in [1.165, 1.54) is 25.0 Å². The lowest BCUT2D eigenvalue weighted by Crippen LogP contribution is -2.21. The normalized spacial score (nSPS) is 24.2. The summed E-state index contributed by atoms with van der Waals surface area (Å²) in [7, 11) is 0. The Morgan fingerprint density at radius 1 is 1.33 bits per heavy atom. The Morgan fingerprint density at radius 3 is 2.89 bits per heavy atom. The van der Waals surface area contributed by atoms with E-state index in [4.69, 9.17) is 10.5 Å². The van der Waals surface area contributed by atoms with E-state index in [-0.39, 0.29) is 5.82 Å². The molecule has 0 bridgehead atoms. The number of nitrogens with two attached hydrogens (primary N) is 1. The third kappa shape index (κ3) is 3.53. The van der Waals surface area contributed by atoms with E-state index in [1.807, 2.05) is 0 Å². The van der Waals surface area contributed by atoms with Crippen molar-refractivity contribution in [3.8, 4) is 0 Å². The molecule has 1 saturated carbocycles. The lowest BCUT2D eigenvalue weighted by Gasteiger charge is -2.27. The lowest BCUT2D eigenvalue weighted by atomic mass is 9.89. The highest BCUT2D eigenvalue weighted by molar-refractivity contribution is 5.27. The molecule has 1 aromatic carbocycles. The highest BCUT2D eigenvalue weighted by atomic mass is 19.1. The monoisotopic (exact) mass is 251 g/mol. The maximum atomic E-state index is 13.1. The maximum Gasteiger partial charge on any atom is 0.123 e. The molecule has 2 unspecified atom stereocenters. The molecule has 2 rings (SSSR count). The fourth-order valence-corrected chi connectivity index (χ4v) is 2.66. The zero-order valence-electron chi connectivity index (χ0n) is 11.0. The van der Waals surface area contributed by atoms with E-state index in [9.17, 15) is 4.39 Å². The Labute approximate surface area is 108 Å². The van der Waals surface area contributed by atoms with Crippen LogP contribution in [0.4, 0.5) is 4.39 Å². The second-order valence-corrected chi connectivity index (χ2v) is 5.32. The van der Waals surface area contributed by atoms with Crippen LogP contribution in [0.5, 0.6) is 0 Å². The predicted octanol–water partition coefficient (Wildman–Crippen LogP) is 3.38. The molecular formula is C15H22FNO. The van der Waals surface area contributed by atoms with Gasteiger partial charge in [-0.2, -0.15) is 0 Å². The Hall–Kier alpha value is -0.930. The van der Waals surface area contributed by atoms with Gasteiger partial charge in [-0.15, -0.1) is 0 Å². The van der Waals surface area contributed by atoms with Crippen LogP contribution in [0, 0.1) is 11.7 Å². The summed E-state index contributed by atoms with van der Waals surface area (Å²) >= 11 is 0. The molecule has 1 fully saturated rings. The molecule has 0 saturated heterocycles. The van der Waals surface area contributed by atoms with Gasteiger partial charge in [0.2, 0.25) is 0 Å².